The van der Waals surface area contributed by atoms with Gasteiger partial charge >= 0.3 is 11.9 Å². The van der Waals surface area contributed by atoms with Gasteiger partial charge in [0.25, 0.3) is 5.88 Å². The van der Waals surface area contributed by atoms with Gasteiger partial charge < -0.3 is 14.7 Å². The van der Waals surface area contributed by atoms with E-state index in [0.717, 1.165) is 33.9 Å². The van der Waals surface area contributed by atoms with E-state index < -0.39 is 28.8 Å². The minimum absolute atomic E-state index is 0.124. The van der Waals surface area contributed by atoms with Crippen LogP contribution in [0.5, 0.6) is 5.88 Å². The molecule has 0 radical (unpaired) electrons. The highest BCUT2D eigenvalue weighted by atomic mass is 16.7. The molecule has 7 heteroatoms. The average molecular weight is 429 g/mol. The highest BCUT2D eigenvalue weighted by Gasteiger charge is 2.27. The number of aromatic carboxylic acids is 1. The van der Waals surface area contributed by atoms with Gasteiger partial charge in [0, 0.05) is 6.92 Å². The Morgan fingerprint density at radius 2 is 1.41 bits per heavy atom. The second-order valence-electron chi connectivity index (χ2n) is 7.03. The van der Waals surface area contributed by atoms with Crippen LogP contribution in [0.4, 0.5) is 0 Å². The lowest BCUT2D eigenvalue weighted by molar-refractivity contribution is -0.132. The molecule has 0 unspecified atom stereocenters. The van der Waals surface area contributed by atoms with Crippen molar-refractivity contribution in [1.29, 1.82) is 0 Å². The van der Waals surface area contributed by atoms with Gasteiger partial charge in [0.2, 0.25) is 5.43 Å². The molecule has 0 bridgehead atoms. The molecule has 32 heavy (non-hydrogen) atoms. The van der Waals surface area contributed by atoms with E-state index in [1.54, 1.807) is 12.1 Å². The fourth-order valence-electron chi connectivity index (χ4n) is 3.69. The molecule has 0 saturated carbocycles. The predicted molar refractivity (Wildman–Crippen MR) is 120 cm³/mol. The van der Waals surface area contributed by atoms with Crippen molar-refractivity contribution in [3.05, 3.63) is 88.6 Å². The SMILES string of the molecule is COn1c(OC(C)=O)c(C(=O)O)c(=O)c2cc(-c3ccccc3)c(-c3ccccc3)cc21. The maximum Gasteiger partial charge on any atom is 0.345 e. The van der Waals surface area contributed by atoms with Crippen LogP contribution in [0.25, 0.3) is 33.2 Å². The highest BCUT2D eigenvalue weighted by molar-refractivity contribution is 6.00. The Balaban J connectivity index is 2.18. The number of carboxylic acid groups (broad SMARTS) is 1. The summed E-state index contributed by atoms with van der Waals surface area (Å²) in [5.41, 5.74) is 2.12. The van der Waals surface area contributed by atoms with E-state index >= 15 is 0 Å². The number of carboxylic acids is 1. The summed E-state index contributed by atoms with van der Waals surface area (Å²) in [6.07, 6.45) is 0. The van der Waals surface area contributed by atoms with Gasteiger partial charge in [-0.05, 0) is 34.4 Å². The fourth-order valence-corrected chi connectivity index (χ4v) is 3.69. The number of rotatable bonds is 5. The summed E-state index contributed by atoms with van der Waals surface area (Å²) in [5, 5.41) is 9.82. The van der Waals surface area contributed by atoms with E-state index in [4.69, 9.17) is 9.57 Å². The van der Waals surface area contributed by atoms with Gasteiger partial charge in [0.15, 0.2) is 5.56 Å². The topological polar surface area (TPSA) is 94.8 Å². The molecule has 160 valence electrons. The quantitative estimate of drug-likeness (QED) is 0.482. The van der Waals surface area contributed by atoms with Crippen molar-refractivity contribution in [3.63, 3.8) is 0 Å². The van der Waals surface area contributed by atoms with Gasteiger partial charge in [0.05, 0.1) is 10.9 Å². The molecule has 4 aromatic rings. The van der Waals surface area contributed by atoms with Crippen LogP contribution in [0.1, 0.15) is 17.3 Å². The first-order chi connectivity index (χ1) is 15.4. The third-order valence-corrected chi connectivity index (χ3v) is 5.03. The number of aromatic nitrogens is 1. The summed E-state index contributed by atoms with van der Waals surface area (Å²) >= 11 is 0. The lowest BCUT2D eigenvalue weighted by atomic mass is 9.92. The van der Waals surface area contributed by atoms with Crippen molar-refractivity contribution in [2.24, 2.45) is 0 Å². The Bertz CT molecular complexity index is 1390. The lowest BCUT2D eigenvalue weighted by Gasteiger charge is -2.19. The molecule has 0 saturated heterocycles. The van der Waals surface area contributed by atoms with E-state index in [0.29, 0.717) is 0 Å². The van der Waals surface area contributed by atoms with Crippen LogP contribution in [-0.4, -0.2) is 28.9 Å². The molecule has 1 aromatic heterocycles. The fraction of sp³-hybridized carbons (Fsp3) is 0.0800. The van der Waals surface area contributed by atoms with Gasteiger partial charge in [0.1, 0.15) is 7.11 Å². The summed E-state index contributed by atoms with van der Waals surface area (Å²) in [4.78, 5) is 42.2. The van der Waals surface area contributed by atoms with Crippen molar-refractivity contribution in [2.75, 3.05) is 7.11 Å². The van der Waals surface area contributed by atoms with Crippen LogP contribution in [0, 0.1) is 0 Å². The van der Waals surface area contributed by atoms with Gasteiger partial charge in [-0.2, -0.15) is 0 Å². The van der Waals surface area contributed by atoms with Gasteiger partial charge in [-0.15, -0.1) is 4.73 Å². The molecule has 3 aromatic carbocycles. The monoisotopic (exact) mass is 429 g/mol. The molecular weight excluding hydrogens is 410 g/mol. The Kier molecular flexibility index (Phi) is 5.47. The Morgan fingerprint density at radius 1 is 0.875 bits per heavy atom. The molecule has 0 aliphatic carbocycles. The zero-order valence-corrected chi connectivity index (χ0v) is 17.4. The van der Waals surface area contributed by atoms with Crippen LogP contribution in [0.3, 0.4) is 0 Å². The summed E-state index contributed by atoms with van der Waals surface area (Å²) in [6.45, 7) is 1.12. The minimum atomic E-state index is -1.52. The number of fused-ring (bicyclic) bond motifs is 1. The second-order valence-corrected chi connectivity index (χ2v) is 7.03. The lowest BCUT2D eigenvalue weighted by Crippen LogP contribution is -2.26. The molecule has 0 aliphatic rings. The normalized spacial score (nSPS) is 10.7. The number of benzene rings is 3. The summed E-state index contributed by atoms with van der Waals surface area (Å²) < 4.78 is 6.15. The zero-order chi connectivity index (χ0) is 22.8. The van der Waals surface area contributed by atoms with Crippen molar-refractivity contribution in [1.82, 2.24) is 4.73 Å². The maximum absolute atomic E-state index is 13.2. The first-order valence-electron chi connectivity index (χ1n) is 9.76. The largest absolute Gasteiger partial charge is 0.477 e. The van der Waals surface area contributed by atoms with E-state index in [-0.39, 0.29) is 10.9 Å². The third-order valence-electron chi connectivity index (χ3n) is 5.03. The van der Waals surface area contributed by atoms with Gasteiger partial charge in [-0.25, -0.2) is 4.79 Å². The molecule has 4 rings (SSSR count). The molecule has 0 aliphatic heterocycles. The van der Waals surface area contributed by atoms with Gasteiger partial charge in [-0.1, -0.05) is 60.7 Å². The minimum Gasteiger partial charge on any atom is -0.477 e. The second kappa shape index (κ2) is 8.39. The van der Waals surface area contributed by atoms with Crippen molar-refractivity contribution in [3.8, 4) is 28.1 Å². The molecule has 0 spiro atoms. The summed E-state index contributed by atoms with van der Waals surface area (Å²) in [7, 11) is 1.30. The van der Waals surface area contributed by atoms with Crippen molar-refractivity contribution in [2.45, 2.75) is 6.92 Å². The molecular formula is C25H19NO6. The smallest absolute Gasteiger partial charge is 0.345 e. The van der Waals surface area contributed by atoms with Crippen LogP contribution >= 0.6 is 0 Å². The van der Waals surface area contributed by atoms with E-state index in [1.165, 1.54) is 7.11 Å². The van der Waals surface area contributed by atoms with E-state index in [9.17, 15) is 19.5 Å². The van der Waals surface area contributed by atoms with Crippen LogP contribution < -0.4 is 15.0 Å². The highest BCUT2D eigenvalue weighted by Crippen LogP contribution is 2.36. The van der Waals surface area contributed by atoms with Crippen LogP contribution in [0.2, 0.25) is 0 Å². The van der Waals surface area contributed by atoms with Crippen molar-refractivity contribution >= 4 is 22.8 Å². The van der Waals surface area contributed by atoms with E-state index in [1.807, 2.05) is 60.7 Å². The Labute approximate surface area is 183 Å². The first kappa shape index (κ1) is 20.9. The van der Waals surface area contributed by atoms with E-state index in [2.05, 4.69) is 0 Å². The zero-order valence-electron chi connectivity index (χ0n) is 17.4. The van der Waals surface area contributed by atoms with Crippen LogP contribution in [0.15, 0.2) is 77.6 Å². The standard InChI is InChI=1S/C25H19NO6/c1-15(27)32-24-22(25(29)30)23(28)20-13-18(16-9-5-3-6-10-16)19(14-21(20)26(24)31-2)17-11-7-4-8-12-17/h3-14H,1-2H3,(H,29,30). The number of nitrogens with zero attached hydrogens (tertiary/aromatic N) is 1. The summed E-state index contributed by atoms with van der Waals surface area (Å²) in [5.74, 6) is -2.77. The third kappa shape index (κ3) is 3.60. The molecule has 0 amide bonds. The predicted octanol–water partition coefficient (Wildman–Crippen LogP) is 4.02. The first-order valence-corrected chi connectivity index (χ1v) is 9.76. The number of hydrogen-bond donors (Lipinski definition) is 1. The molecule has 1 heterocycles. The Morgan fingerprint density at radius 3 is 1.88 bits per heavy atom. The molecule has 7 nitrogen and oxygen atoms in total. The molecule has 1 N–H and O–H groups in total. The van der Waals surface area contributed by atoms with Crippen LogP contribution in [-0.2, 0) is 4.79 Å². The van der Waals surface area contributed by atoms with Gasteiger partial charge in [-0.3, -0.25) is 9.59 Å². The number of ether oxygens (including phenoxy) is 1. The average Bonchev–Trinajstić information content (AvgIpc) is 2.79. The maximum atomic E-state index is 13.2. The number of hydrogen-bond acceptors (Lipinski definition) is 5. The Hall–Kier alpha value is -4.39. The number of carbonyl (C=O) groups excluding carboxylic acids is 1. The number of esters is 1. The number of carbonyl (C=O) groups is 2. The van der Waals surface area contributed by atoms with Crippen molar-refractivity contribution < 1.29 is 24.3 Å². The summed E-state index contributed by atoms with van der Waals surface area (Å²) in [6, 6.07) is 22.4. The number of pyridine rings is 1. The molecule has 0 atom stereocenters. The molecule has 0 fully saturated rings.